The zero-order chi connectivity index (χ0) is 27.7. The van der Waals surface area contributed by atoms with Gasteiger partial charge < -0.3 is 9.64 Å². The molecule has 1 unspecified atom stereocenters. The van der Waals surface area contributed by atoms with E-state index in [1.165, 1.54) is 36.5 Å². The smallest absolute Gasteiger partial charge is 0.281 e. The van der Waals surface area contributed by atoms with Crippen LogP contribution in [0.2, 0.25) is 0 Å². The Bertz CT molecular complexity index is 1430. The minimum absolute atomic E-state index is 0.100. The van der Waals surface area contributed by atoms with Crippen molar-refractivity contribution in [1.82, 2.24) is 14.7 Å². The lowest BCUT2D eigenvalue weighted by Crippen LogP contribution is -2.43. The fourth-order valence-corrected chi connectivity index (χ4v) is 5.31. The maximum Gasteiger partial charge on any atom is 0.281 e. The number of nitrogens with zero attached hydrogens (tertiary/aromatic N) is 3. The molecule has 38 heavy (non-hydrogen) atoms. The van der Waals surface area contributed by atoms with Crippen LogP contribution in [0.3, 0.4) is 0 Å². The van der Waals surface area contributed by atoms with E-state index in [1.54, 1.807) is 18.2 Å². The summed E-state index contributed by atoms with van der Waals surface area (Å²) in [5, 5.41) is -0.261. The van der Waals surface area contributed by atoms with Gasteiger partial charge in [0.05, 0.1) is 17.9 Å². The monoisotopic (exact) mass is 540 g/mol. The molecule has 0 radical (unpaired) electrons. The number of hydrogen-bond donors (Lipinski definition) is 1. The summed E-state index contributed by atoms with van der Waals surface area (Å²) in [4.78, 5) is 24.0. The molecule has 8 nitrogen and oxygen atoms in total. The number of aromatic nitrogens is 2. The molecule has 1 aliphatic heterocycles. The van der Waals surface area contributed by atoms with Crippen molar-refractivity contribution in [1.29, 1.82) is 0 Å². The van der Waals surface area contributed by atoms with Gasteiger partial charge in [0, 0.05) is 29.9 Å². The van der Waals surface area contributed by atoms with Crippen molar-refractivity contribution in [2.24, 2.45) is 11.8 Å². The largest absolute Gasteiger partial charge is 0.493 e. The summed E-state index contributed by atoms with van der Waals surface area (Å²) in [7, 11) is -4.20. The summed E-state index contributed by atoms with van der Waals surface area (Å²) in [6.07, 6.45) is 2.21. The molecule has 0 saturated carbocycles. The molecule has 1 aromatic carbocycles. The molecule has 1 atom stereocenters. The fourth-order valence-electron chi connectivity index (χ4n) is 4.39. The number of rotatable bonds is 8. The number of carbonyl (C=O) groups is 1. The molecular weight excluding hydrogens is 507 g/mol. The molecule has 3 heterocycles. The van der Waals surface area contributed by atoms with Gasteiger partial charge in [0.2, 0.25) is 0 Å². The van der Waals surface area contributed by atoms with Gasteiger partial charge in [-0.15, -0.1) is 0 Å². The van der Waals surface area contributed by atoms with Crippen LogP contribution >= 0.6 is 0 Å². The molecule has 0 aliphatic carbocycles. The predicted molar refractivity (Wildman–Crippen MR) is 144 cm³/mol. The van der Waals surface area contributed by atoms with Gasteiger partial charge in [-0.1, -0.05) is 26.8 Å². The number of nitrogens with one attached hydrogen (secondary N) is 1. The first kappa shape index (κ1) is 27.5. The number of benzene rings is 1. The summed E-state index contributed by atoms with van der Waals surface area (Å²) in [6, 6.07) is 11.9. The van der Waals surface area contributed by atoms with E-state index in [2.05, 4.69) is 30.5 Å². The Labute approximate surface area is 223 Å². The van der Waals surface area contributed by atoms with E-state index in [9.17, 15) is 17.6 Å². The van der Waals surface area contributed by atoms with Crippen LogP contribution < -0.4 is 14.4 Å². The Balaban J connectivity index is 1.76. The molecule has 0 bridgehead atoms. The summed E-state index contributed by atoms with van der Waals surface area (Å²) in [6.45, 7) is 11.3. The molecular formula is C28H33FN4O4S. The lowest BCUT2D eigenvalue weighted by atomic mass is 9.90. The Hall–Kier alpha value is -3.53. The van der Waals surface area contributed by atoms with Crippen molar-refractivity contribution in [3.05, 3.63) is 66.1 Å². The molecule has 1 N–H and O–H groups in total. The van der Waals surface area contributed by atoms with E-state index in [1.807, 2.05) is 18.7 Å². The number of ether oxygens (including phenoxy) is 1. The molecule has 4 rings (SSSR count). The van der Waals surface area contributed by atoms with Gasteiger partial charge in [0.25, 0.3) is 15.9 Å². The number of sulfonamides is 1. The molecule has 0 spiro atoms. The predicted octanol–water partition coefficient (Wildman–Crippen LogP) is 5.06. The van der Waals surface area contributed by atoms with Crippen molar-refractivity contribution in [2.75, 3.05) is 18.1 Å². The second-order valence-corrected chi connectivity index (χ2v) is 12.2. The minimum atomic E-state index is -4.20. The molecule has 1 saturated heterocycles. The molecule has 1 aliphatic rings. The van der Waals surface area contributed by atoms with Crippen LogP contribution in [0.4, 0.5) is 10.2 Å². The number of pyridine rings is 2. The Morgan fingerprint density at radius 3 is 2.61 bits per heavy atom. The average Bonchev–Trinajstić information content (AvgIpc) is 3.14. The molecule has 3 aromatic rings. The lowest BCUT2D eigenvalue weighted by molar-refractivity contribution is 0.0981. The molecule has 10 heteroatoms. The van der Waals surface area contributed by atoms with E-state index in [0.717, 1.165) is 6.42 Å². The summed E-state index contributed by atoms with van der Waals surface area (Å²) in [5.74, 6) is -0.00416. The van der Waals surface area contributed by atoms with Crippen molar-refractivity contribution in [3.63, 3.8) is 0 Å². The van der Waals surface area contributed by atoms with Crippen LogP contribution in [0.1, 0.15) is 51.4 Å². The van der Waals surface area contributed by atoms with E-state index in [4.69, 9.17) is 9.72 Å². The second kappa shape index (κ2) is 10.7. The van der Waals surface area contributed by atoms with Crippen LogP contribution in [-0.4, -0.2) is 43.0 Å². The third kappa shape index (κ3) is 5.80. The fraction of sp³-hybridized carbons (Fsp3) is 0.393. The van der Waals surface area contributed by atoms with Gasteiger partial charge in [-0.05, 0) is 68.5 Å². The molecule has 2 aromatic heterocycles. The van der Waals surface area contributed by atoms with Crippen molar-refractivity contribution < 1.29 is 22.3 Å². The number of amides is 1. The zero-order valence-corrected chi connectivity index (χ0v) is 23.0. The van der Waals surface area contributed by atoms with Crippen molar-refractivity contribution in [2.45, 2.75) is 51.6 Å². The van der Waals surface area contributed by atoms with Gasteiger partial charge >= 0.3 is 0 Å². The van der Waals surface area contributed by atoms with E-state index in [0.29, 0.717) is 41.9 Å². The van der Waals surface area contributed by atoms with Crippen LogP contribution in [0.15, 0.2) is 59.8 Å². The highest BCUT2D eigenvalue weighted by atomic mass is 32.2. The van der Waals surface area contributed by atoms with E-state index >= 15 is 0 Å². The maximum atomic E-state index is 14.5. The van der Waals surface area contributed by atoms with Gasteiger partial charge in [0.1, 0.15) is 17.4 Å². The van der Waals surface area contributed by atoms with Crippen LogP contribution in [-0.2, 0) is 10.0 Å². The topological polar surface area (TPSA) is 101 Å². The van der Waals surface area contributed by atoms with Crippen LogP contribution in [0.5, 0.6) is 5.75 Å². The van der Waals surface area contributed by atoms with Crippen LogP contribution in [0, 0.1) is 17.7 Å². The van der Waals surface area contributed by atoms with Gasteiger partial charge in [-0.25, -0.2) is 19.1 Å². The first-order valence-corrected chi connectivity index (χ1v) is 14.1. The third-order valence-corrected chi connectivity index (χ3v) is 8.20. The summed E-state index contributed by atoms with van der Waals surface area (Å²) in [5.41, 5.74) is 0.674. The second-order valence-electron chi connectivity index (χ2n) is 10.5. The Morgan fingerprint density at radius 2 is 1.97 bits per heavy atom. The third-order valence-electron chi connectivity index (χ3n) is 6.95. The molecule has 1 fully saturated rings. The average molecular weight is 541 g/mol. The lowest BCUT2D eigenvalue weighted by Gasteiger charge is -2.36. The van der Waals surface area contributed by atoms with Crippen molar-refractivity contribution >= 4 is 21.7 Å². The highest BCUT2D eigenvalue weighted by Crippen LogP contribution is 2.39. The Morgan fingerprint density at radius 1 is 1.21 bits per heavy atom. The summed E-state index contributed by atoms with van der Waals surface area (Å²) < 4.78 is 48.0. The number of halogens is 1. The highest BCUT2D eigenvalue weighted by molar-refractivity contribution is 7.90. The number of hydrogen-bond acceptors (Lipinski definition) is 7. The van der Waals surface area contributed by atoms with Crippen LogP contribution in [0.25, 0.3) is 11.3 Å². The minimum Gasteiger partial charge on any atom is -0.493 e. The first-order valence-electron chi connectivity index (χ1n) is 12.6. The Kier molecular flexibility index (Phi) is 7.73. The quantitative estimate of drug-likeness (QED) is 0.426. The highest BCUT2D eigenvalue weighted by Gasteiger charge is 2.41. The van der Waals surface area contributed by atoms with Gasteiger partial charge in [-0.2, -0.15) is 8.42 Å². The first-order chi connectivity index (χ1) is 17.9. The number of carbonyl (C=O) groups excluding carboxylic acids is 1. The van der Waals surface area contributed by atoms with Gasteiger partial charge in [-0.3, -0.25) is 4.79 Å². The maximum absolute atomic E-state index is 14.5. The van der Waals surface area contributed by atoms with Crippen molar-refractivity contribution in [3.8, 4) is 17.0 Å². The molecule has 202 valence electrons. The molecule has 1 amide bonds. The summed E-state index contributed by atoms with van der Waals surface area (Å²) >= 11 is 0. The number of anilines is 1. The standard InChI is InChI=1S/C28H33FN4O4S/c1-18(2)17-37-22-15-20(14-21(29)16-22)24-10-9-23(26(31-24)33-13-11-19(3)28(33,4)5)27(34)32-38(35,36)25-8-6-7-12-30-25/h6-10,12,14-16,18-19H,11,13,17H2,1-5H3,(H,32,34). The van der Waals surface area contributed by atoms with E-state index < -0.39 is 21.7 Å². The SMILES string of the molecule is CC(C)COc1cc(F)cc(-c2ccc(C(=O)NS(=O)(=O)c3ccccn3)c(N3CCC(C)C3(C)C)n2)c1. The normalized spacial score (nSPS) is 17.0. The van der Waals surface area contributed by atoms with E-state index in [-0.39, 0.29) is 22.0 Å². The van der Waals surface area contributed by atoms with Gasteiger partial charge in [0.15, 0.2) is 5.03 Å². The zero-order valence-electron chi connectivity index (χ0n) is 22.2.